The van der Waals surface area contributed by atoms with Crippen LogP contribution < -0.4 is 20.7 Å². The monoisotopic (exact) mass is 650 g/mol. The van der Waals surface area contributed by atoms with Crippen molar-refractivity contribution in [2.24, 2.45) is 11.7 Å². The first kappa shape index (κ1) is 33.2. The number of carbonyl (C=O) groups is 2. The lowest BCUT2D eigenvalue weighted by molar-refractivity contribution is -0.153. The van der Waals surface area contributed by atoms with Crippen LogP contribution in [0.3, 0.4) is 0 Å². The van der Waals surface area contributed by atoms with Crippen LogP contribution >= 0.6 is 0 Å². The van der Waals surface area contributed by atoms with E-state index in [1.54, 1.807) is 4.90 Å². The van der Waals surface area contributed by atoms with Crippen molar-refractivity contribution in [3.05, 3.63) is 41.2 Å². The van der Waals surface area contributed by atoms with E-state index in [2.05, 4.69) is 20.2 Å². The molecule has 2 saturated heterocycles. The molecule has 4 N–H and O–H groups in total. The quantitative estimate of drug-likeness (QED) is 0.289. The van der Waals surface area contributed by atoms with Gasteiger partial charge in [0.25, 0.3) is 11.9 Å². The number of hydrogen-bond donors (Lipinski definition) is 3. The maximum atomic E-state index is 14.3. The first-order valence-corrected chi connectivity index (χ1v) is 15.0. The molecule has 12 nitrogen and oxygen atoms in total. The van der Waals surface area contributed by atoms with E-state index >= 15 is 0 Å². The molecule has 5 rings (SSSR count). The summed E-state index contributed by atoms with van der Waals surface area (Å²) in [5.74, 6) is -3.48. The number of methoxy groups -OCH3 is 1. The number of aromatic nitrogens is 2. The summed E-state index contributed by atoms with van der Waals surface area (Å²) in [7, 11) is 3.31. The number of amides is 2. The van der Waals surface area contributed by atoms with Gasteiger partial charge in [-0.05, 0) is 52.7 Å². The molecule has 2 aliphatic heterocycles. The zero-order valence-corrected chi connectivity index (χ0v) is 26.1. The molecule has 1 saturated carbocycles. The van der Waals surface area contributed by atoms with Crippen LogP contribution in [0.15, 0.2) is 22.8 Å². The Balaban J connectivity index is 1.22. The Morgan fingerprint density at radius 2 is 1.93 bits per heavy atom. The third-order valence-electron chi connectivity index (χ3n) is 9.23. The molecule has 46 heavy (non-hydrogen) atoms. The summed E-state index contributed by atoms with van der Waals surface area (Å²) >= 11 is 0. The van der Waals surface area contributed by atoms with Gasteiger partial charge in [0.15, 0.2) is 5.82 Å². The minimum atomic E-state index is -4.80. The number of halogens is 4. The van der Waals surface area contributed by atoms with Crippen LogP contribution in [-0.4, -0.2) is 88.7 Å². The Hall–Kier alpha value is -4.21. The molecule has 2 aromatic heterocycles. The number of rotatable bonds is 8. The molecule has 0 aromatic carbocycles. The van der Waals surface area contributed by atoms with Crippen LogP contribution in [0.5, 0.6) is 5.88 Å². The number of piperazine rings is 1. The second kappa shape index (κ2) is 12.5. The van der Waals surface area contributed by atoms with E-state index in [1.807, 2.05) is 20.9 Å². The summed E-state index contributed by atoms with van der Waals surface area (Å²) < 4.78 is 66.1. The Morgan fingerprint density at radius 3 is 2.54 bits per heavy atom. The number of pyridine rings is 1. The Labute approximate surface area is 263 Å². The highest BCUT2D eigenvalue weighted by molar-refractivity contribution is 6.43. The molecule has 3 atom stereocenters. The molecule has 250 valence electrons. The third-order valence-corrected chi connectivity index (χ3v) is 9.23. The lowest BCUT2D eigenvalue weighted by atomic mass is 9.87. The number of likely N-dealkylation sites (N-methyl/N-ethyl adjacent to an activating group) is 1. The van der Waals surface area contributed by atoms with E-state index in [1.165, 1.54) is 18.1 Å². The molecule has 1 aliphatic carbocycles. The molecule has 1 spiro atoms. The average Bonchev–Trinajstić information content (AvgIpc) is 3.61. The molecule has 0 radical (unpaired) electrons. The summed E-state index contributed by atoms with van der Waals surface area (Å²) in [5, 5.41) is 11.0. The second-order valence-electron chi connectivity index (χ2n) is 12.3. The number of alkyl halides is 3. The minimum absolute atomic E-state index is 0.0681. The van der Waals surface area contributed by atoms with Crippen LogP contribution in [0.4, 0.5) is 23.6 Å². The van der Waals surface area contributed by atoms with E-state index in [0.717, 1.165) is 12.3 Å². The summed E-state index contributed by atoms with van der Waals surface area (Å²) in [6.45, 7) is 4.52. The molecule has 2 amide bonds. The van der Waals surface area contributed by atoms with Crippen LogP contribution in [-0.2, 0) is 22.3 Å². The Morgan fingerprint density at radius 1 is 1.26 bits per heavy atom. The van der Waals surface area contributed by atoms with Gasteiger partial charge in [-0.15, -0.1) is 0 Å². The number of anilines is 1. The molecule has 3 aliphatic rings. The fourth-order valence-electron chi connectivity index (χ4n) is 6.24. The van der Waals surface area contributed by atoms with Crippen molar-refractivity contribution in [2.45, 2.75) is 69.9 Å². The molecule has 4 heterocycles. The normalized spacial score (nSPS) is 23.4. The van der Waals surface area contributed by atoms with Gasteiger partial charge in [0, 0.05) is 60.5 Å². The van der Waals surface area contributed by atoms with Gasteiger partial charge in [0.1, 0.15) is 11.4 Å². The summed E-state index contributed by atoms with van der Waals surface area (Å²) in [4.78, 5) is 39.7. The van der Waals surface area contributed by atoms with Gasteiger partial charge in [-0.2, -0.15) is 18.2 Å². The van der Waals surface area contributed by atoms with Crippen molar-refractivity contribution < 1.29 is 36.3 Å². The highest BCUT2D eigenvalue weighted by atomic mass is 19.4. The molecule has 0 unspecified atom stereocenters. The fraction of sp³-hybridized carbons (Fsp3) is 0.567. The van der Waals surface area contributed by atoms with Crippen LogP contribution in [0.25, 0.3) is 5.70 Å². The van der Waals surface area contributed by atoms with E-state index in [9.17, 15) is 27.2 Å². The van der Waals surface area contributed by atoms with Crippen molar-refractivity contribution >= 4 is 29.2 Å². The van der Waals surface area contributed by atoms with Crippen molar-refractivity contribution in [1.82, 2.24) is 25.1 Å². The van der Waals surface area contributed by atoms with Crippen LogP contribution in [0.1, 0.15) is 56.5 Å². The van der Waals surface area contributed by atoms with E-state index in [0.29, 0.717) is 32.4 Å². The number of carbonyl (C=O) groups excluding carboxylic acids is 2. The first-order chi connectivity index (χ1) is 21.6. The van der Waals surface area contributed by atoms with E-state index < -0.39 is 59.0 Å². The third kappa shape index (κ3) is 6.66. The fourth-order valence-corrected chi connectivity index (χ4v) is 6.24. The average molecular weight is 651 g/mol. The van der Waals surface area contributed by atoms with E-state index in [-0.39, 0.29) is 48.2 Å². The largest absolute Gasteiger partial charge is 0.481 e. The topological polar surface area (TPSA) is 154 Å². The molecule has 0 bridgehead atoms. The molecule has 3 fully saturated rings. The summed E-state index contributed by atoms with van der Waals surface area (Å²) in [6, 6.07) is 1.28. The van der Waals surface area contributed by atoms with Gasteiger partial charge in [-0.25, -0.2) is 9.37 Å². The highest BCUT2D eigenvalue weighted by Gasteiger charge is 2.54. The highest BCUT2D eigenvalue weighted by Crippen LogP contribution is 2.50. The van der Waals surface area contributed by atoms with Crippen molar-refractivity contribution in [3.63, 3.8) is 0 Å². The molecule has 2 aromatic rings. The van der Waals surface area contributed by atoms with Crippen molar-refractivity contribution in [3.8, 4) is 5.88 Å². The Kier molecular flexibility index (Phi) is 9.03. The number of likely N-dealkylation sites (tertiary alicyclic amines) is 1. The van der Waals surface area contributed by atoms with Gasteiger partial charge < -0.3 is 30.0 Å². The van der Waals surface area contributed by atoms with Crippen molar-refractivity contribution in [2.75, 3.05) is 38.7 Å². The van der Waals surface area contributed by atoms with Gasteiger partial charge in [-0.1, -0.05) is 0 Å². The number of ether oxygens (including phenoxy) is 1. The molecular formula is C30H38F4N8O4. The van der Waals surface area contributed by atoms with Gasteiger partial charge in [-0.3, -0.25) is 19.9 Å². The number of piperidine rings is 1. The standard InChI is InChI=1S/C30H38F4N8O4/c1-16-14-41(15-17(2)40(16)3)28-39-23(25(46-28)30(32,33)34)13-38-26(43)18-5-8-42(29(11-18)6-7-29)27(44)22(36)10-21(35)19-9-24(45-4)37-12-20(19)31/h9-10,12,16-18,36H,5-8,11,13-15,35H2,1-4H3,(H,38,43)/b21-10-,36-22?/t16-,17+,18-/m0/s1. The maximum Gasteiger partial charge on any atom is 0.451 e. The Bertz CT molecular complexity index is 1530. The molecule has 16 heteroatoms. The number of nitrogens with two attached hydrogens (primary N) is 1. The number of oxazole rings is 1. The second-order valence-corrected chi connectivity index (χ2v) is 12.3. The summed E-state index contributed by atoms with van der Waals surface area (Å²) in [6.07, 6.45) is -1.04. The first-order valence-electron chi connectivity index (χ1n) is 15.0. The smallest absolute Gasteiger partial charge is 0.451 e. The van der Waals surface area contributed by atoms with Crippen LogP contribution in [0.2, 0.25) is 0 Å². The predicted molar refractivity (Wildman–Crippen MR) is 159 cm³/mol. The van der Waals surface area contributed by atoms with Crippen molar-refractivity contribution in [1.29, 1.82) is 5.41 Å². The van der Waals surface area contributed by atoms with Gasteiger partial charge in [0.05, 0.1) is 19.9 Å². The van der Waals surface area contributed by atoms with Crippen LogP contribution in [0, 0.1) is 17.1 Å². The number of hydrogen-bond acceptors (Lipinski definition) is 10. The zero-order chi connectivity index (χ0) is 33.6. The lowest BCUT2D eigenvalue weighted by Gasteiger charge is -2.41. The van der Waals surface area contributed by atoms with Gasteiger partial charge >= 0.3 is 6.18 Å². The summed E-state index contributed by atoms with van der Waals surface area (Å²) in [5.41, 5.74) is 4.28. The minimum Gasteiger partial charge on any atom is -0.481 e. The maximum absolute atomic E-state index is 14.3. The zero-order valence-electron chi connectivity index (χ0n) is 26.1. The SMILES string of the molecule is COc1cc(/C(N)=C/C(=N)C(=O)N2CC[C@H](C(=O)NCc3nc(N4C[C@@H](C)N(C)[C@@H](C)C4)oc3C(F)(F)F)CC23CC3)c(F)cn1. The van der Waals surface area contributed by atoms with Gasteiger partial charge in [0.2, 0.25) is 17.5 Å². The number of nitrogens with zero attached hydrogens (tertiary/aromatic N) is 5. The predicted octanol–water partition coefficient (Wildman–Crippen LogP) is 3.17. The number of nitrogens with one attached hydrogen (secondary N) is 2. The van der Waals surface area contributed by atoms with E-state index in [4.69, 9.17) is 20.3 Å². The lowest BCUT2D eigenvalue weighted by Crippen LogP contribution is -2.55. The molecular weight excluding hydrogens is 612 g/mol.